The molecule has 3 heteroatoms. The van der Waals surface area contributed by atoms with Crippen molar-refractivity contribution in [2.75, 3.05) is 6.61 Å². The van der Waals surface area contributed by atoms with Crippen LogP contribution in [0.25, 0.3) is 0 Å². The molecule has 0 saturated heterocycles. The summed E-state index contributed by atoms with van der Waals surface area (Å²) in [5, 5.41) is 0. The molecule has 17 heavy (non-hydrogen) atoms. The van der Waals surface area contributed by atoms with Crippen molar-refractivity contribution in [1.82, 2.24) is 0 Å². The number of carbonyl (C=O) groups excluding carboxylic acids is 1. The summed E-state index contributed by atoms with van der Waals surface area (Å²) < 4.78 is 11.2. The van der Waals surface area contributed by atoms with E-state index in [-0.39, 0.29) is 12.4 Å². The molecule has 0 unspecified atom stereocenters. The van der Waals surface area contributed by atoms with Gasteiger partial charge in [-0.05, 0) is 37.8 Å². The van der Waals surface area contributed by atoms with E-state index in [2.05, 4.69) is 0 Å². The lowest BCUT2D eigenvalue weighted by molar-refractivity contribution is 0.0961. The van der Waals surface area contributed by atoms with Gasteiger partial charge in [0.15, 0.2) is 6.61 Å². The molecule has 0 amide bonds. The number of hydrogen-bond acceptors (Lipinski definition) is 3. The second kappa shape index (κ2) is 4.40. The van der Waals surface area contributed by atoms with E-state index in [9.17, 15) is 4.79 Å². The highest BCUT2D eigenvalue weighted by atomic mass is 16.5. The van der Waals surface area contributed by atoms with E-state index >= 15 is 0 Å². The van der Waals surface area contributed by atoms with Gasteiger partial charge >= 0.3 is 0 Å². The van der Waals surface area contributed by atoms with E-state index in [1.54, 1.807) is 0 Å². The van der Waals surface area contributed by atoms with Crippen LogP contribution in [0.3, 0.4) is 0 Å². The molecule has 0 atom stereocenters. The molecule has 0 radical (unpaired) electrons. The Morgan fingerprint density at radius 2 is 2.00 bits per heavy atom. The van der Waals surface area contributed by atoms with Crippen molar-refractivity contribution < 1.29 is 14.3 Å². The predicted molar refractivity (Wildman–Crippen MR) is 63.8 cm³/mol. The van der Waals surface area contributed by atoms with Crippen molar-refractivity contribution in [3.05, 3.63) is 23.8 Å². The fraction of sp³-hybridized carbons (Fsp3) is 0.500. The number of ether oxygens (including phenoxy) is 2. The van der Waals surface area contributed by atoms with Gasteiger partial charge in [0.1, 0.15) is 11.5 Å². The van der Waals surface area contributed by atoms with Gasteiger partial charge in [0.2, 0.25) is 5.78 Å². The topological polar surface area (TPSA) is 35.5 Å². The second-order valence-corrected chi connectivity index (χ2v) is 4.75. The Kier molecular flexibility index (Phi) is 2.75. The largest absolute Gasteiger partial charge is 0.490 e. The van der Waals surface area contributed by atoms with Crippen molar-refractivity contribution in [3.8, 4) is 11.5 Å². The third-order valence-electron chi connectivity index (χ3n) is 3.47. The fourth-order valence-electron chi connectivity index (χ4n) is 2.52. The molecule has 1 aromatic carbocycles. The Morgan fingerprint density at radius 1 is 1.18 bits per heavy atom. The van der Waals surface area contributed by atoms with Crippen molar-refractivity contribution >= 4 is 5.78 Å². The van der Waals surface area contributed by atoms with E-state index in [1.165, 1.54) is 19.3 Å². The quantitative estimate of drug-likeness (QED) is 0.786. The zero-order chi connectivity index (χ0) is 11.7. The number of fused-ring (bicyclic) bond motifs is 1. The van der Waals surface area contributed by atoms with Gasteiger partial charge in [-0.1, -0.05) is 6.42 Å². The van der Waals surface area contributed by atoms with Crippen LogP contribution in [0.15, 0.2) is 18.2 Å². The highest BCUT2D eigenvalue weighted by Crippen LogP contribution is 2.31. The molecule has 2 aliphatic rings. The summed E-state index contributed by atoms with van der Waals surface area (Å²) in [6, 6.07) is 5.53. The van der Waals surface area contributed by atoms with Crippen molar-refractivity contribution in [3.63, 3.8) is 0 Å². The lowest BCUT2D eigenvalue weighted by Crippen LogP contribution is -2.19. The maximum absolute atomic E-state index is 11.4. The van der Waals surface area contributed by atoms with Crippen LogP contribution < -0.4 is 9.47 Å². The minimum absolute atomic E-state index is 0.0595. The normalized spacial score (nSPS) is 19.9. The van der Waals surface area contributed by atoms with Crippen LogP contribution in [-0.4, -0.2) is 18.5 Å². The van der Waals surface area contributed by atoms with Crippen LogP contribution in [0, 0.1) is 0 Å². The van der Waals surface area contributed by atoms with E-state index in [0.29, 0.717) is 17.4 Å². The highest BCUT2D eigenvalue weighted by molar-refractivity contribution is 6.02. The van der Waals surface area contributed by atoms with E-state index < -0.39 is 0 Å². The molecule has 90 valence electrons. The molecule has 3 rings (SSSR count). The van der Waals surface area contributed by atoms with Gasteiger partial charge in [-0.15, -0.1) is 0 Å². The Hall–Kier alpha value is -1.51. The molecule has 0 spiro atoms. The zero-order valence-electron chi connectivity index (χ0n) is 9.78. The second-order valence-electron chi connectivity index (χ2n) is 4.75. The Labute approximate surface area is 101 Å². The minimum atomic E-state index is 0.0595. The smallest absolute Gasteiger partial charge is 0.203 e. The molecule has 0 aromatic heterocycles. The molecule has 1 saturated carbocycles. The summed E-state index contributed by atoms with van der Waals surface area (Å²) in [6.45, 7) is 0.169. The first-order valence-electron chi connectivity index (χ1n) is 6.29. The van der Waals surface area contributed by atoms with Gasteiger partial charge in [-0.25, -0.2) is 0 Å². The first-order chi connectivity index (χ1) is 8.33. The molecule has 0 bridgehead atoms. The molecular formula is C14H16O3. The number of hydrogen-bond donors (Lipinski definition) is 0. The first-order valence-corrected chi connectivity index (χ1v) is 6.29. The number of Topliss-reactive ketones (excluding diaryl/α,β-unsaturated/α-hetero) is 1. The maximum atomic E-state index is 11.4. The van der Waals surface area contributed by atoms with Crippen LogP contribution in [0.2, 0.25) is 0 Å². The minimum Gasteiger partial charge on any atom is -0.490 e. The standard InChI is InChI=1S/C14H16O3/c15-13-9-16-14-8-11(6-7-12(13)14)17-10-4-2-1-3-5-10/h6-8,10H,1-5,9H2. The monoisotopic (exact) mass is 232 g/mol. The van der Waals surface area contributed by atoms with E-state index in [0.717, 1.165) is 18.6 Å². The Morgan fingerprint density at radius 3 is 2.82 bits per heavy atom. The van der Waals surface area contributed by atoms with Gasteiger partial charge in [-0.3, -0.25) is 4.79 Å². The summed E-state index contributed by atoms with van der Waals surface area (Å²) in [6.07, 6.45) is 6.43. The first kappa shape index (κ1) is 10.6. The molecule has 1 fully saturated rings. The van der Waals surface area contributed by atoms with Crippen molar-refractivity contribution in [1.29, 1.82) is 0 Å². The summed E-state index contributed by atoms with van der Waals surface area (Å²) in [5.74, 6) is 1.55. The van der Waals surface area contributed by atoms with Crippen LogP contribution in [0.1, 0.15) is 42.5 Å². The Balaban J connectivity index is 1.73. The molecular weight excluding hydrogens is 216 g/mol. The van der Waals surface area contributed by atoms with Crippen molar-refractivity contribution in [2.45, 2.75) is 38.2 Å². The fourth-order valence-corrected chi connectivity index (χ4v) is 2.52. The lowest BCUT2D eigenvalue weighted by Gasteiger charge is -2.23. The van der Waals surface area contributed by atoms with Crippen molar-refractivity contribution in [2.24, 2.45) is 0 Å². The number of carbonyl (C=O) groups is 1. The van der Waals surface area contributed by atoms with Gasteiger partial charge in [0.05, 0.1) is 11.7 Å². The van der Waals surface area contributed by atoms with Crippen LogP contribution in [-0.2, 0) is 0 Å². The molecule has 3 nitrogen and oxygen atoms in total. The number of benzene rings is 1. The summed E-state index contributed by atoms with van der Waals surface area (Å²) in [7, 11) is 0. The van der Waals surface area contributed by atoms with Gasteiger partial charge < -0.3 is 9.47 Å². The average Bonchev–Trinajstić information content (AvgIpc) is 2.72. The van der Waals surface area contributed by atoms with Gasteiger partial charge in [0.25, 0.3) is 0 Å². The Bertz CT molecular complexity index is 433. The molecule has 1 aromatic rings. The maximum Gasteiger partial charge on any atom is 0.203 e. The summed E-state index contributed by atoms with van der Waals surface area (Å²) >= 11 is 0. The summed E-state index contributed by atoms with van der Waals surface area (Å²) in [4.78, 5) is 11.4. The molecule has 1 aliphatic heterocycles. The molecule has 1 aliphatic carbocycles. The molecule has 1 heterocycles. The number of rotatable bonds is 2. The van der Waals surface area contributed by atoms with Crippen LogP contribution in [0.5, 0.6) is 11.5 Å². The van der Waals surface area contributed by atoms with Crippen LogP contribution in [0.4, 0.5) is 0 Å². The van der Waals surface area contributed by atoms with E-state index in [1.807, 2.05) is 18.2 Å². The van der Waals surface area contributed by atoms with Gasteiger partial charge in [0, 0.05) is 6.07 Å². The highest BCUT2D eigenvalue weighted by Gasteiger charge is 2.22. The van der Waals surface area contributed by atoms with Crippen LogP contribution >= 0.6 is 0 Å². The predicted octanol–water partition coefficient (Wildman–Crippen LogP) is 2.97. The summed E-state index contributed by atoms with van der Waals surface area (Å²) in [5.41, 5.74) is 0.681. The average molecular weight is 232 g/mol. The third-order valence-corrected chi connectivity index (χ3v) is 3.47. The SMILES string of the molecule is O=C1COc2cc(OC3CCCCC3)ccc21. The third kappa shape index (κ3) is 2.14. The molecule has 0 N–H and O–H groups in total. The lowest BCUT2D eigenvalue weighted by atomic mass is 9.98. The van der Waals surface area contributed by atoms with Gasteiger partial charge in [-0.2, -0.15) is 0 Å². The van der Waals surface area contributed by atoms with E-state index in [4.69, 9.17) is 9.47 Å². The zero-order valence-corrected chi connectivity index (χ0v) is 9.78. The number of ketones is 1.